The number of carbonyl (C=O) groups excluding carboxylic acids is 3. The lowest BCUT2D eigenvalue weighted by molar-refractivity contribution is -0.176. The summed E-state index contributed by atoms with van der Waals surface area (Å²) in [6.07, 6.45) is 0.347. The highest BCUT2D eigenvalue weighted by atomic mass is 16.3. The van der Waals surface area contributed by atoms with Crippen LogP contribution in [0.1, 0.15) is 33.6 Å². The second-order valence-corrected chi connectivity index (χ2v) is 6.30. The van der Waals surface area contributed by atoms with Crippen LogP contribution in [0, 0.1) is 5.92 Å². The Labute approximate surface area is 124 Å². The maximum absolute atomic E-state index is 12.6. The van der Waals surface area contributed by atoms with Crippen molar-refractivity contribution in [3.63, 3.8) is 0 Å². The molecular formula is C14H23N3O4. The van der Waals surface area contributed by atoms with Crippen LogP contribution in [0.5, 0.6) is 0 Å². The second kappa shape index (κ2) is 5.29. The summed E-state index contributed by atoms with van der Waals surface area (Å²) in [5, 5.41) is 9.66. The first-order valence-corrected chi connectivity index (χ1v) is 7.32. The molecule has 0 aromatic heterocycles. The smallest absolute Gasteiger partial charge is 0.251 e. The average Bonchev–Trinajstić information content (AvgIpc) is 2.82. The van der Waals surface area contributed by atoms with Crippen LogP contribution in [0.4, 0.5) is 0 Å². The normalized spacial score (nSPS) is 28.0. The first-order chi connectivity index (χ1) is 9.72. The van der Waals surface area contributed by atoms with Crippen LogP contribution < -0.4 is 5.73 Å². The van der Waals surface area contributed by atoms with Crippen molar-refractivity contribution in [3.8, 4) is 0 Å². The minimum absolute atomic E-state index is 0.0480. The lowest BCUT2D eigenvalue weighted by Crippen LogP contribution is -2.77. The van der Waals surface area contributed by atoms with Crippen molar-refractivity contribution in [1.29, 1.82) is 0 Å². The van der Waals surface area contributed by atoms with Crippen LogP contribution in [0.25, 0.3) is 0 Å². The monoisotopic (exact) mass is 297 g/mol. The molecule has 3 atom stereocenters. The third-order valence-corrected chi connectivity index (χ3v) is 4.42. The number of amides is 3. The van der Waals surface area contributed by atoms with Crippen molar-refractivity contribution in [1.82, 2.24) is 9.80 Å². The fraction of sp³-hybridized carbons (Fsp3) is 0.786. The third kappa shape index (κ3) is 2.29. The van der Waals surface area contributed by atoms with E-state index in [0.29, 0.717) is 13.0 Å². The molecule has 3 N–H and O–H groups in total. The van der Waals surface area contributed by atoms with Crippen molar-refractivity contribution < 1.29 is 19.5 Å². The second-order valence-electron chi connectivity index (χ2n) is 6.30. The Morgan fingerprint density at radius 1 is 1.33 bits per heavy atom. The predicted molar refractivity (Wildman–Crippen MR) is 74.9 cm³/mol. The maximum Gasteiger partial charge on any atom is 0.251 e. The van der Waals surface area contributed by atoms with Crippen LogP contribution in [0.15, 0.2) is 0 Å². The van der Waals surface area contributed by atoms with Crippen LogP contribution in [-0.4, -0.2) is 63.4 Å². The number of hydrogen-bond donors (Lipinski definition) is 2. The van der Waals surface area contributed by atoms with Crippen molar-refractivity contribution in [2.24, 2.45) is 11.7 Å². The van der Waals surface area contributed by atoms with Gasteiger partial charge >= 0.3 is 0 Å². The number of aliphatic hydroxyl groups is 1. The van der Waals surface area contributed by atoms with E-state index < -0.39 is 23.6 Å². The van der Waals surface area contributed by atoms with E-state index in [9.17, 15) is 19.5 Å². The van der Waals surface area contributed by atoms with Crippen molar-refractivity contribution in [2.45, 2.75) is 51.3 Å². The van der Waals surface area contributed by atoms with E-state index in [1.165, 1.54) is 11.8 Å². The summed E-state index contributed by atoms with van der Waals surface area (Å²) < 4.78 is 0. The summed E-state index contributed by atoms with van der Waals surface area (Å²) in [5.41, 5.74) is 4.44. The molecule has 2 saturated heterocycles. The van der Waals surface area contributed by atoms with Gasteiger partial charge < -0.3 is 20.6 Å². The van der Waals surface area contributed by atoms with Gasteiger partial charge in [-0.25, -0.2) is 0 Å². The number of likely N-dealkylation sites (tertiary alicyclic amines) is 2. The minimum atomic E-state index is -1.03. The number of hydrogen-bond acceptors (Lipinski definition) is 4. The quantitative estimate of drug-likeness (QED) is 0.655. The predicted octanol–water partition coefficient (Wildman–Crippen LogP) is -0.919. The van der Waals surface area contributed by atoms with E-state index in [4.69, 9.17) is 5.73 Å². The van der Waals surface area contributed by atoms with Gasteiger partial charge in [-0.05, 0) is 19.8 Å². The Kier molecular flexibility index (Phi) is 3.97. The molecule has 7 nitrogen and oxygen atoms in total. The molecule has 0 saturated carbocycles. The maximum atomic E-state index is 12.6. The first-order valence-electron chi connectivity index (χ1n) is 7.32. The molecule has 2 aliphatic heterocycles. The van der Waals surface area contributed by atoms with E-state index >= 15 is 0 Å². The van der Waals surface area contributed by atoms with Crippen LogP contribution >= 0.6 is 0 Å². The lowest BCUT2D eigenvalue weighted by atomic mass is 9.83. The van der Waals surface area contributed by atoms with Gasteiger partial charge in [0, 0.05) is 12.5 Å². The summed E-state index contributed by atoms with van der Waals surface area (Å²) >= 11 is 0. The molecule has 21 heavy (non-hydrogen) atoms. The van der Waals surface area contributed by atoms with E-state index in [0.717, 1.165) is 6.42 Å². The zero-order valence-electron chi connectivity index (χ0n) is 12.7. The molecule has 2 aliphatic rings. The standard InChI is InChI=1S/C14H23N3O4/c1-8(2)12(20)17-6-4-5-14(17)7-16(13(14)21)10(9(3)18)11(15)19/h8-10,18H,4-7H2,1-3H3,(H2,15,19)/t9?,10?,14-/m1/s1. The van der Waals surface area contributed by atoms with E-state index in [1.54, 1.807) is 18.7 Å². The number of rotatable bonds is 4. The van der Waals surface area contributed by atoms with Crippen LogP contribution in [0.2, 0.25) is 0 Å². The molecule has 3 amide bonds. The Balaban J connectivity index is 2.20. The highest BCUT2D eigenvalue weighted by Crippen LogP contribution is 2.41. The van der Waals surface area contributed by atoms with Gasteiger partial charge in [0.15, 0.2) is 0 Å². The Hall–Kier alpha value is -1.63. The molecule has 2 rings (SSSR count). The molecule has 118 valence electrons. The summed E-state index contributed by atoms with van der Waals surface area (Å²) in [5.74, 6) is -1.23. The topological polar surface area (TPSA) is 104 Å². The van der Waals surface area contributed by atoms with Gasteiger partial charge in [0.25, 0.3) is 5.91 Å². The zero-order chi connectivity index (χ0) is 15.9. The number of aliphatic hydroxyl groups excluding tert-OH is 1. The van der Waals surface area contributed by atoms with Gasteiger partial charge in [-0.3, -0.25) is 14.4 Å². The summed E-state index contributed by atoms with van der Waals surface area (Å²) in [6, 6.07) is -1.03. The number of carbonyl (C=O) groups is 3. The van der Waals surface area contributed by atoms with Gasteiger partial charge in [-0.1, -0.05) is 13.8 Å². The van der Waals surface area contributed by atoms with Gasteiger partial charge in [0.2, 0.25) is 11.8 Å². The van der Waals surface area contributed by atoms with Gasteiger partial charge in [-0.2, -0.15) is 0 Å². The molecule has 2 unspecified atom stereocenters. The molecule has 2 fully saturated rings. The molecule has 0 aromatic carbocycles. The highest BCUT2D eigenvalue weighted by molar-refractivity contribution is 6.00. The molecule has 1 spiro atoms. The van der Waals surface area contributed by atoms with Crippen molar-refractivity contribution in [2.75, 3.05) is 13.1 Å². The molecular weight excluding hydrogens is 274 g/mol. The average molecular weight is 297 g/mol. The minimum Gasteiger partial charge on any atom is -0.391 e. The SMILES string of the molecule is CC(C)C(=O)N1CCC[C@]12CN(C(C(N)=O)C(C)O)C2=O. The highest BCUT2D eigenvalue weighted by Gasteiger charge is 2.62. The third-order valence-electron chi connectivity index (χ3n) is 4.42. The number of primary amides is 1. The van der Waals surface area contributed by atoms with E-state index in [2.05, 4.69) is 0 Å². The summed E-state index contributed by atoms with van der Waals surface area (Å²) in [6.45, 7) is 5.86. The number of nitrogens with zero attached hydrogens (tertiary/aromatic N) is 2. The van der Waals surface area contributed by atoms with Crippen LogP contribution in [0.3, 0.4) is 0 Å². The zero-order valence-corrected chi connectivity index (χ0v) is 12.7. The molecule has 0 radical (unpaired) electrons. The largest absolute Gasteiger partial charge is 0.391 e. The summed E-state index contributed by atoms with van der Waals surface area (Å²) in [7, 11) is 0. The van der Waals surface area contributed by atoms with Crippen molar-refractivity contribution >= 4 is 17.7 Å². The van der Waals surface area contributed by atoms with E-state index in [1.807, 2.05) is 0 Å². The van der Waals surface area contributed by atoms with Gasteiger partial charge in [0.1, 0.15) is 11.6 Å². The van der Waals surface area contributed by atoms with E-state index in [-0.39, 0.29) is 24.3 Å². The van der Waals surface area contributed by atoms with Crippen LogP contribution in [-0.2, 0) is 14.4 Å². The van der Waals surface area contributed by atoms with Gasteiger partial charge in [0.05, 0.1) is 12.6 Å². The molecule has 2 heterocycles. The summed E-state index contributed by atoms with van der Waals surface area (Å²) in [4.78, 5) is 39.2. The molecule has 0 aliphatic carbocycles. The fourth-order valence-corrected chi connectivity index (χ4v) is 3.37. The Morgan fingerprint density at radius 3 is 2.38 bits per heavy atom. The lowest BCUT2D eigenvalue weighted by Gasteiger charge is -2.53. The number of nitrogens with two attached hydrogens (primary N) is 1. The fourth-order valence-electron chi connectivity index (χ4n) is 3.37. The molecule has 0 aromatic rings. The molecule has 7 heteroatoms. The Bertz CT molecular complexity index is 477. The first kappa shape index (κ1) is 15.8. The molecule has 0 bridgehead atoms. The number of β-lactam (4-membered cyclic amide) rings is 1. The van der Waals surface area contributed by atoms with Gasteiger partial charge in [-0.15, -0.1) is 0 Å². The van der Waals surface area contributed by atoms with Crippen molar-refractivity contribution in [3.05, 3.63) is 0 Å². The Morgan fingerprint density at radius 2 is 1.95 bits per heavy atom.